The third-order valence-electron chi connectivity index (χ3n) is 3.38. The molecule has 3 nitrogen and oxygen atoms in total. The fourth-order valence-electron chi connectivity index (χ4n) is 2.44. The van der Waals surface area contributed by atoms with Crippen LogP contribution in [0, 0.1) is 0 Å². The van der Waals surface area contributed by atoms with Gasteiger partial charge in [0.15, 0.2) is 0 Å². The summed E-state index contributed by atoms with van der Waals surface area (Å²) in [4.78, 5) is 5.27. The predicted molar refractivity (Wildman–Crippen MR) is 72.4 cm³/mol. The molecule has 1 N–H and O–H groups in total. The van der Waals surface area contributed by atoms with Crippen LogP contribution < -0.4 is 5.32 Å². The largest absolute Gasteiger partial charge is 0.377 e. The maximum absolute atomic E-state index is 5.62. The molecule has 2 atom stereocenters. The molecular weight excluding hydrogens is 232 g/mol. The highest BCUT2D eigenvalue weighted by Crippen LogP contribution is 2.23. The van der Waals surface area contributed by atoms with Gasteiger partial charge in [-0.3, -0.25) is 4.90 Å². The van der Waals surface area contributed by atoms with Crippen LogP contribution in [-0.2, 0) is 17.8 Å². The summed E-state index contributed by atoms with van der Waals surface area (Å²) in [6, 6.07) is 5.04. The van der Waals surface area contributed by atoms with Gasteiger partial charge in [0.05, 0.1) is 6.10 Å². The number of rotatable bonds is 5. The van der Waals surface area contributed by atoms with Crippen LogP contribution in [0.3, 0.4) is 0 Å². The summed E-state index contributed by atoms with van der Waals surface area (Å²) in [6.07, 6.45) is 1.53. The zero-order chi connectivity index (χ0) is 12.3. The third-order valence-corrected chi connectivity index (χ3v) is 4.45. The molecule has 0 radical (unpaired) electrons. The monoisotopic (exact) mass is 254 g/mol. The predicted octanol–water partition coefficient (Wildman–Crippen LogP) is 2.08. The van der Waals surface area contributed by atoms with Crippen molar-refractivity contribution in [2.45, 2.75) is 38.6 Å². The van der Waals surface area contributed by atoms with Crippen LogP contribution in [0.25, 0.3) is 0 Å². The van der Waals surface area contributed by atoms with Crippen molar-refractivity contribution in [3.05, 3.63) is 21.9 Å². The first-order chi connectivity index (χ1) is 8.20. The van der Waals surface area contributed by atoms with Crippen molar-refractivity contribution in [1.29, 1.82) is 0 Å². The summed E-state index contributed by atoms with van der Waals surface area (Å²) in [7, 11) is 4.19. The Balaban J connectivity index is 1.90. The molecule has 2 unspecified atom stereocenters. The van der Waals surface area contributed by atoms with Crippen molar-refractivity contribution in [3.8, 4) is 0 Å². The standard InChI is InChI=1S/C13H22N2OS/c1-10-13(6-7-16-10)15(3)9-12-5-4-11(17-12)8-14-2/h4-5,10,13-14H,6-9H2,1-3H3. The zero-order valence-corrected chi connectivity index (χ0v) is 11.7. The van der Waals surface area contributed by atoms with E-state index in [9.17, 15) is 0 Å². The van der Waals surface area contributed by atoms with Crippen molar-refractivity contribution >= 4 is 11.3 Å². The molecule has 1 aromatic rings. The summed E-state index contributed by atoms with van der Waals surface area (Å²) in [5, 5.41) is 3.19. The average Bonchev–Trinajstić information content (AvgIpc) is 2.88. The van der Waals surface area contributed by atoms with Crippen molar-refractivity contribution in [3.63, 3.8) is 0 Å². The van der Waals surface area contributed by atoms with E-state index < -0.39 is 0 Å². The molecule has 96 valence electrons. The van der Waals surface area contributed by atoms with Crippen LogP contribution in [0.5, 0.6) is 0 Å². The molecule has 0 bridgehead atoms. The second-order valence-corrected chi connectivity index (χ2v) is 6.00. The highest BCUT2D eigenvalue weighted by atomic mass is 32.1. The minimum absolute atomic E-state index is 0.372. The highest BCUT2D eigenvalue weighted by molar-refractivity contribution is 7.11. The topological polar surface area (TPSA) is 24.5 Å². The molecule has 0 aliphatic carbocycles. The second kappa shape index (κ2) is 5.96. The molecule has 0 spiro atoms. The van der Waals surface area contributed by atoms with Gasteiger partial charge in [-0.05, 0) is 39.6 Å². The van der Waals surface area contributed by atoms with Gasteiger partial charge in [-0.15, -0.1) is 11.3 Å². The van der Waals surface area contributed by atoms with E-state index in [1.807, 2.05) is 18.4 Å². The molecule has 0 amide bonds. The fourth-order valence-corrected chi connectivity index (χ4v) is 3.53. The molecule has 0 aromatic carbocycles. The van der Waals surface area contributed by atoms with E-state index in [1.54, 1.807) is 0 Å². The second-order valence-electron chi connectivity index (χ2n) is 4.75. The van der Waals surface area contributed by atoms with Crippen LogP contribution in [0.2, 0.25) is 0 Å². The first-order valence-corrected chi connectivity index (χ1v) is 7.06. The molecule has 1 aromatic heterocycles. The Morgan fingerprint density at radius 1 is 1.47 bits per heavy atom. The summed E-state index contributed by atoms with van der Waals surface area (Å²) in [5.41, 5.74) is 0. The maximum atomic E-state index is 5.62. The normalized spacial score (nSPS) is 24.7. The van der Waals surface area contributed by atoms with Gasteiger partial charge < -0.3 is 10.1 Å². The minimum Gasteiger partial charge on any atom is -0.377 e. The lowest BCUT2D eigenvalue weighted by Crippen LogP contribution is -2.35. The SMILES string of the molecule is CNCc1ccc(CN(C)C2CCOC2C)s1. The number of hydrogen-bond donors (Lipinski definition) is 1. The van der Waals surface area contributed by atoms with Crippen LogP contribution in [0.4, 0.5) is 0 Å². The minimum atomic E-state index is 0.372. The lowest BCUT2D eigenvalue weighted by atomic mass is 10.1. The molecule has 1 aliphatic rings. The Labute approximate surface area is 108 Å². The lowest BCUT2D eigenvalue weighted by molar-refractivity contribution is 0.0817. The summed E-state index contributed by atoms with van der Waals surface area (Å²) in [5.74, 6) is 0. The van der Waals surface area contributed by atoms with Gasteiger partial charge >= 0.3 is 0 Å². The summed E-state index contributed by atoms with van der Waals surface area (Å²) >= 11 is 1.90. The van der Waals surface area contributed by atoms with E-state index in [2.05, 4.69) is 36.3 Å². The van der Waals surface area contributed by atoms with E-state index in [0.29, 0.717) is 12.1 Å². The van der Waals surface area contributed by atoms with Crippen LogP contribution >= 0.6 is 11.3 Å². The first-order valence-electron chi connectivity index (χ1n) is 6.24. The van der Waals surface area contributed by atoms with E-state index >= 15 is 0 Å². The van der Waals surface area contributed by atoms with Crippen molar-refractivity contribution in [2.24, 2.45) is 0 Å². The number of thiophene rings is 1. The summed E-state index contributed by atoms with van der Waals surface area (Å²) in [6.45, 7) is 5.09. The Hall–Kier alpha value is -0.420. The molecule has 1 aliphatic heterocycles. The molecule has 2 rings (SSSR count). The van der Waals surface area contributed by atoms with Gasteiger partial charge in [-0.1, -0.05) is 0 Å². The number of likely N-dealkylation sites (N-methyl/N-ethyl adjacent to an activating group) is 1. The maximum Gasteiger partial charge on any atom is 0.0703 e. The summed E-state index contributed by atoms with van der Waals surface area (Å²) < 4.78 is 5.62. The van der Waals surface area contributed by atoms with Crippen LogP contribution in [-0.4, -0.2) is 37.7 Å². The fraction of sp³-hybridized carbons (Fsp3) is 0.692. The molecule has 1 saturated heterocycles. The van der Waals surface area contributed by atoms with Crippen LogP contribution in [0.1, 0.15) is 23.1 Å². The van der Waals surface area contributed by atoms with Gasteiger partial charge in [0.2, 0.25) is 0 Å². The molecule has 0 saturated carbocycles. The van der Waals surface area contributed by atoms with Gasteiger partial charge in [-0.25, -0.2) is 0 Å². The third kappa shape index (κ3) is 3.28. The Morgan fingerprint density at radius 3 is 2.88 bits per heavy atom. The number of ether oxygens (including phenoxy) is 1. The van der Waals surface area contributed by atoms with Crippen LogP contribution in [0.15, 0.2) is 12.1 Å². The van der Waals surface area contributed by atoms with Crippen molar-refractivity contribution in [1.82, 2.24) is 10.2 Å². The lowest BCUT2D eigenvalue weighted by Gasteiger charge is -2.25. The molecule has 1 fully saturated rings. The van der Waals surface area contributed by atoms with Gasteiger partial charge in [0.25, 0.3) is 0 Å². The average molecular weight is 254 g/mol. The Bertz CT molecular complexity index is 353. The molecule has 17 heavy (non-hydrogen) atoms. The quantitative estimate of drug-likeness (QED) is 0.870. The molecular formula is C13H22N2OS. The van der Waals surface area contributed by atoms with Crippen molar-refractivity contribution in [2.75, 3.05) is 20.7 Å². The van der Waals surface area contributed by atoms with E-state index in [0.717, 1.165) is 26.1 Å². The smallest absolute Gasteiger partial charge is 0.0703 e. The van der Waals surface area contributed by atoms with Gasteiger partial charge in [-0.2, -0.15) is 0 Å². The van der Waals surface area contributed by atoms with E-state index in [-0.39, 0.29) is 0 Å². The zero-order valence-electron chi connectivity index (χ0n) is 10.9. The Kier molecular flexibility index (Phi) is 4.56. The molecule has 4 heteroatoms. The number of hydrogen-bond acceptors (Lipinski definition) is 4. The Morgan fingerprint density at radius 2 is 2.24 bits per heavy atom. The first kappa shape index (κ1) is 13.0. The number of nitrogens with zero attached hydrogens (tertiary/aromatic N) is 1. The van der Waals surface area contributed by atoms with Gasteiger partial charge in [0, 0.05) is 35.5 Å². The highest BCUT2D eigenvalue weighted by Gasteiger charge is 2.27. The van der Waals surface area contributed by atoms with Crippen molar-refractivity contribution < 1.29 is 4.74 Å². The molecule has 2 heterocycles. The van der Waals surface area contributed by atoms with Gasteiger partial charge in [0.1, 0.15) is 0 Å². The van der Waals surface area contributed by atoms with E-state index in [1.165, 1.54) is 9.75 Å². The van der Waals surface area contributed by atoms with E-state index in [4.69, 9.17) is 4.74 Å². The number of nitrogens with one attached hydrogen (secondary N) is 1.